The van der Waals surface area contributed by atoms with Gasteiger partial charge in [-0.2, -0.15) is 0 Å². The van der Waals surface area contributed by atoms with E-state index in [1.165, 1.54) is 49.1 Å². The molecule has 0 amide bonds. The zero-order chi connectivity index (χ0) is 40.3. The minimum Gasteiger partial charge on any atom is -0.434 e. The maximum atomic E-state index is 6.74. The van der Waals surface area contributed by atoms with E-state index in [1.54, 1.807) is 0 Å². The van der Waals surface area contributed by atoms with Gasteiger partial charge in [-0.05, 0) is 105 Å². The molecule has 286 valence electrons. The van der Waals surface area contributed by atoms with Gasteiger partial charge in [-0.15, -0.1) is 0 Å². The van der Waals surface area contributed by atoms with Crippen LogP contribution in [0, 0.1) is 0 Å². The number of aromatic nitrogens is 2. The van der Waals surface area contributed by atoms with Gasteiger partial charge in [-0.1, -0.05) is 158 Å². The van der Waals surface area contributed by atoms with E-state index in [1.807, 2.05) is 36.4 Å². The van der Waals surface area contributed by atoms with Crippen LogP contribution in [-0.2, 0) is 0 Å². The molecule has 0 unspecified atom stereocenters. The van der Waals surface area contributed by atoms with E-state index in [0.29, 0.717) is 5.89 Å². The third-order valence-corrected chi connectivity index (χ3v) is 12.0. The lowest BCUT2D eigenvalue weighted by atomic mass is 9.96. The molecule has 12 rings (SSSR count). The number of anilines is 3. The topological polar surface area (TPSA) is 34.2 Å². The largest absolute Gasteiger partial charge is 0.434 e. The number of fused-ring (bicyclic) bond motifs is 7. The molecular weight excluding hydrogens is 743 g/mol. The lowest BCUT2D eigenvalue weighted by Gasteiger charge is -2.28. The average molecular weight is 780 g/mol. The zero-order valence-electron chi connectivity index (χ0n) is 33.1. The highest BCUT2D eigenvalue weighted by atomic mass is 16.3. The molecular formula is C57H37N3O. The third kappa shape index (κ3) is 5.80. The number of oxazole rings is 1. The Morgan fingerprint density at radius 1 is 0.410 bits per heavy atom. The first-order valence-electron chi connectivity index (χ1n) is 20.7. The van der Waals surface area contributed by atoms with Crippen LogP contribution < -0.4 is 4.90 Å². The molecule has 0 bridgehead atoms. The van der Waals surface area contributed by atoms with E-state index >= 15 is 0 Å². The van der Waals surface area contributed by atoms with Gasteiger partial charge < -0.3 is 13.9 Å². The first kappa shape index (κ1) is 34.8. The minimum atomic E-state index is 0.593. The van der Waals surface area contributed by atoms with Crippen molar-refractivity contribution in [1.82, 2.24) is 9.55 Å². The summed E-state index contributed by atoms with van der Waals surface area (Å²) in [7, 11) is 0. The second-order valence-corrected chi connectivity index (χ2v) is 15.5. The van der Waals surface area contributed by atoms with Gasteiger partial charge in [0.05, 0.1) is 22.4 Å². The molecule has 0 fully saturated rings. The third-order valence-electron chi connectivity index (χ3n) is 12.0. The average Bonchev–Trinajstić information content (AvgIpc) is 3.93. The van der Waals surface area contributed by atoms with Gasteiger partial charge in [-0.25, -0.2) is 4.98 Å². The fraction of sp³-hybridized carbons (Fsp3) is 0. The van der Waals surface area contributed by atoms with Gasteiger partial charge in [0.1, 0.15) is 5.52 Å². The van der Waals surface area contributed by atoms with Crippen molar-refractivity contribution in [2.75, 3.05) is 4.90 Å². The lowest BCUT2D eigenvalue weighted by Crippen LogP contribution is -2.11. The Labute approximate surface area is 352 Å². The van der Waals surface area contributed by atoms with Crippen molar-refractivity contribution in [3.8, 4) is 39.4 Å². The van der Waals surface area contributed by atoms with E-state index in [9.17, 15) is 0 Å². The molecule has 0 N–H and O–H groups in total. The van der Waals surface area contributed by atoms with Crippen LogP contribution in [0.25, 0.3) is 93.8 Å². The molecule has 0 saturated heterocycles. The van der Waals surface area contributed by atoms with Crippen LogP contribution in [0.1, 0.15) is 0 Å². The molecule has 0 atom stereocenters. The van der Waals surface area contributed by atoms with Crippen LogP contribution in [-0.4, -0.2) is 9.55 Å². The quantitative estimate of drug-likeness (QED) is 0.162. The Bertz CT molecular complexity index is 3590. The van der Waals surface area contributed by atoms with E-state index in [-0.39, 0.29) is 0 Å². The van der Waals surface area contributed by atoms with Gasteiger partial charge >= 0.3 is 0 Å². The van der Waals surface area contributed by atoms with Gasteiger partial charge in [0.25, 0.3) is 0 Å². The van der Waals surface area contributed by atoms with Crippen LogP contribution in [0.5, 0.6) is 0 Å². The second kappa shape index (κ2) is 14.3. The van der Waals surface area contributed by atoms with Crippen molar-refractivity contribution in [2.45, 2.75) is 0 Å². The summed E-state index contributed by atoms with van der Waals surface area (Å²) in [6, 6.07) is 79.9. The molecule has 10 aromatic carbocycles. The maximum Gasteiger partial charge on any atom is 0.227 e. The minimum absolute atomic E-state index is 0.593. The summed E-state index contributed by atoms with van der Waals surface area (Å²) in [5, 5.41) is 7.30. The Balaban J connectivity index is 1.08. The highest BCUT2D eigenvalue weighted by molar-refractivity contribution is 6.21. The van der Waals surface area contributed by atoms with Crippen LogP contribution in [0.2, 0.25) is 0 Å². The Hall–Kier alpha value is -8.21. The first-order valence-corrected chi connectivity index (χ1v) is 20.7. The van der Waals surface area contributed by atoms with Crippen molar-refractivity contribution in [3.63, 3.8) is 0 Å². The molecule has 2 heterocycles. The predicted molar refractivity (Wildman–Crippen MR) is 254 cm³/mol. The normalized spacial score (nSPS) is 11.6. The molecule has 0 radical (unpaired) electrons. The standard InChI is InChI=1S/C57H37N3O/c1-4-16-38(17-5-1)45-33-35-51(48-27-13-12-26-47(45)48)60(53-29-15-28-50-56(53)61-57(58-50)40-19-6-2-7-20-40)44-24-14-21-41(36-44)42-30-32-49-54(37-42)59(43-22-8-3-9-23-43)52-34-31-39-18-10-11-25-46(39)55(49)52/h1-37H. The Morgan fingerprint density at radius 3 is 1.90 bits per heavy atom. The van der Waals surface area contributed by atoms with Gasteiger partial charge in [-0.3, -0.25) is 0 Å². The summed E-state index contributed by atoms with van der Waals surface area (Å²) in [4.78, 5) is 7.34. The number of rotatable bonds is 7. The molecule has 0 spiro atoms. The first-order chi connectivity index (χ1) is 30.3. The van der Waals surface area contributed by atoms with Gasteiger partial charge in [0.2, 0.25) is 5.89 Å². The van der Waals surface area contributed by atoms with E-state index in [2.05, 4.69) is 198 Å². The molecule has 4 nitrogen and oxygen atoms in total. The summed E-state index contributed by atoms with van der Waals surface area (Å²) in [5.74, 6) is 0.593. The SMILES string of the molecule is c1ccc(-c2nc3cccc(N(c4cccc(-c5ccc6c7c8ccccc8ccc7n(-c7ccccc7)c6c5)c4)c4ccc(-c5ccccc5)c5ccccc45)c3o2)cc1. The Morgan fingerprint density at radius 2 is 1.08 bits per heavy atom. The van der Waals surface area contributed by atoms with Gasteiger partial charge in [0.15, 0.2) is 5.58 Å². The molecule has 0 saturated carbocycles. The van der Waals surface area contributed by atoms with Crippen molar-refractivity contribution in [2.24, 2.45) is 0 Å². The van der Waals surface area contributed by atoms with E-state index in [4.69, 9.17) is 9.40 Å². The summed E-state index contributed by atoms with van der Waals surface area (Å²) in [6.07, 6.45) is 0. The molecule has 0 aliphatic heterocycles. The predicted octanol–water partition coefficient (Wildman–Crippen LogP) is 15.7. The summed E-state index contributed by atoms with van der Waals surface area (Å²) in [6.45, 7) is 0. The van der Waals surface area contributed by atoms with Gasteiger partial charge in [0, 0.05) is 33.1 Å². The monoisotopic (exact) mass is 779 g/mol. The van der Waals surface area contributed by atoms with Crippen LogP contribution in [0.3, 0.4) is 0 Å². The number of para-hydroxylation sites is 2. The summed E-state index contributed by atoms with van der Waals surface area (Å²) < 4.78 is 9.15. The highest BCUT2D eigenvalue weighted by Gasteiger charge is 2.23. The molecule has 2 aromatic heterocycles. The zero-order valence-corrected chi connectivity index (χ0v) is 33.1. The molecule has 61 heavy (non-hydrogen) atoms. The van der Waals surface area contributed by atoms with Crippen molar-refractivity contribution in [3.05, 3.63) is 224 Å². The highest BCUT2D eigenvalue weighted by Crippen LogP contribution is 2.46. The fourth-order valence-electron chi connectivity index (χ4n) is 9.22. The van der Waals surface area contributed by atoms with Crippen molar-refractivity contribution >= 4 is 71.5 Å². The second-order valence-electron chi connectivity index (χ2n) is 15.5. The summed E-state index contributed by atoms with van der Waals surface area (Å²) >= 11 is 0. The number of hydrogen-bond acceptors (Lipinski definition) is 3. The Kier molecular flexibility index (Phi) is 8.13. The van der Waals surface area contributed by atoms with Crippen LogP contribution in [0.4, 0.5) is 17.1 Å². The van der Waals surface area contributed by atoms with Crippen molar-refractivity contribution in [1.29, 1.82) is 0 Å². The van der Waals surface area contributed by atoms with E-state index in [0.717, 1.165) is 55.9 Å². The van der Waals surface area contributed by atoms with Crippen molar-refractivity contribution < 1.29 is 4.42 Å². The van der Waals surface area contributed by atoms with Crippen LogP contribution in [0.15, 0.2) is 229 Å². The molecule has 12 aromatic rings. The summed E-state index contributed by atoms with van der Waals surface area (Å²) in [5.41, 5.74) is 13.5. The smallest absolute Gasteiger partial charge is 0.227 e. The number of hydrogen-bond donors (Lipinski definition) is 0. The number of benzene rings is 10. The maximum absolute atomic E-state index is 6.74. The molecule has 0 aliphatic rings. The molecule has 4 heteroatoms. The van der Waals surface area contributed by atoms with E-state index < -0.39 is 0 Å². The van der Waals surface area contributed by atoms with Crippen LogP contribution >= 0.6 is 0 Å². The molecule has 0 aliphatic carbocycles. The fourth-order valence-corrected chi connectivity index (χ4v) is 9.22. The lowest BCUT2D eigenvalue weighted by molar-refractivity contribution is 0.620. The number of nitrogens with zero attached hydrogens (tertiary/aromatic N) is 3.